The number of hydrogen-bond donors (Lipinski definition) is 1. The van der Waals surface area contributed by atoms with Gasteiger partial charge in [0, 0.05) is 38.6 Å². The smallest absolute Gasteiger partial charge is 0.319 e. The van der Waals surface area contributed by atoms with Gasteiger partial charge in [-0.3, -0.25) is 14.3 Å². The predicted molar refractivity (Wildman–Crippen MR) is 78.2 cm³/mol. The molecule has 6 nitrogen and oxygen atoms in total. The van der Waals surface area contributed by atoms with Crippen LogP contribution in [-0.4, -0.2) is 57.5 Å². The Morgan fingerprint density at radius 2 is 2.05 bits per heavy atom. The van der Waals surface area contributed by atoms with Crippen LogP contribution in [0.3, 0.4) is 0 Å². The van der Waals surface area contributed by atoms with Gasteiger partial charge in [0.15, 0.2) is 0 Å². The van der Waals surface area contributed by atoms with Gasteiger partial charge in [-0.2, -0.15) is 8.78 Å². The van der Waals surface area contributed by atoms with E-state index in [0.717, 1.165) is 11.0 Å². The number of nitrogens with two attached hydrogens (primary N) is 1. The fraction of sp³-hybridized carbons (Fsp3) is 0.714. The maximum atomic E-state index is 12.8. The molecule has 22 heavy (non-hydrogen) atoms. The second kappa shape index (κ2) is 7.64. The molecule has 1 aliphatic rings. The van der Waals surface area contributed by atoms with Crippen molar-refractivity contribution in [1.29, 1.82) is 0 Å². The summed E-state index contributed by atoms with van der Waals surface area (Å²) in [6, 6.07) is -0.436. The summed E-state index contributed by atoms with van der Waals surface area (Å²) in [4.78, 5) is 19.9. The van der Waals surface area contributed by atoms with Crippen molar-refractivity contribution < 1.29 is 13.6 Å². The van der Waals surface area contributed by atoms with Crippen molar-refractivity contribution in [1.82, 2.24) is 19.4 Å². The van der Waals surface area contributed by atoms with E-state index in [1.165, 1.54) is 12.4 Å². The molecule has 1 aliphatic heterocycles. The van der Waals surface area contributed by atoms with Crippen LogP contribution in [0.5, 0.6) is 0 Å². The number of amides is 1. The monoisotopic (exact) mass is 315 g/mol. The van der Waals surface area contributed by atoms with Crippen molar-refractivity contribution in [2.24, 2.45) is 5.73 Å². The number of alkyl halides is 2. The van der Waals surface area contributed by atoms with E-state index < -0.39 is 12.6 Å². The molecule has 0 saturated carbocycles. The van der Waals surface area contributed by atoms with Crippen LogP contribution < -0.4 is 5.73 Å². The van der Waals surface area contributed by atoms with Crippen LogP contribution in [0.4, 0.5) is 8.78 Å². The molecule has 2 N–H and O–H groups in total. The van der Waals surface area contributed by atoms with E-state index in [0.29, 0.717) is 45.0 Å². The van der Waals surface area contributed by atoms with Crippen molar-refractivity contribution in [2.75, 3.05) is 26.2 Å². The minimum absolute atomic E-state index is 0.0180. The number of carbonyl (C=O) groups excluding carboxylic acids is 1. The second-order valence-electron chi connectivity index (χ2n) is 5.53. The van der Waals surface area contributed by atoms with Crippen molar-refractivity contribution in [3.05, 3.63) is 18.2 Å². The maximum Gasteiger partial charge on any atom is 0.319 e. The van der Waals surface area contributed by atoms with Gasteiger partial charge in [0.25, 0.3) is 0 Å². The minimum Gasteiger partial charge on any atom is -0.339 e. The molecule has 1 atom stereocenters. The van der Waals surface area contributed by atoms with E-state index >= 15 is 0 Å². The molecule has 0 radical (unpaired) electrons. The number of hydrogen-bond acceptors (Lipinski definition) is 4. The van der Waals surface area contributed by atoms with Gasteiger partial charge in [-0.15, -0.1) is 0 Å². The van der Waals surface area contributed by atoms with Crippen LogP contribution in [0.2, 0.25) is 0 Å². The average Bonchev–Trinajstić information content (AvgIpc) is 2.96. The summed E-state index contributed by atoms with van der Waals surface area (Å²) in [6.07, 6.45) is 4.22. The first-order chi connectivity index (χ1) is 10.5. The summed E-state index contributed by atoms with van der Waals surface area (Å²) in [7, 11) is 0. The number of nitrogens with zero attached hydrogens (tertiary/aromatic N) is 4. The molecule has 2 heterocycles. The lowest BCUT2D eigenvalue weighted by Crippen LogP contribution is -2.53. The topological polar surface area (TPSA) is 67.4 Å². The summed E-state index contributed by atoms with van der Waals surface area (Å²) < 4.78 is 26.4. The molecule has 0 spiro atoms. The van der Waals surface area contributed by atoms with E-state index in [2.05, 4.69) is 4.98 Å². The lowest BCUT2D eigenvalue weighted by molar-refractivity contribution is -0.134. The molecule has 1 fully saturated rings. The first kappa shape index (κ1) is 16.8. The zero-order valence-electron chi connectivity index (χ0n) is 12.8. The Morgan fingerprint density at radius 1 is 1.36 bits per heavy atom. The molecule has 2 rings (SSSR count). The standard InChI is InChI=1S/C14H23F2N5O/c1-2-3-11(17)13(22)20-8-6-19(7-9-20)10-12-18-4-5-21(12)14(15)16/h4-5,11,14H,2-3,6-10,17H2,1H3. The Morgan fingerprint density at radius 3 is 2.64 bits per heavy atom. The molecule has 1 saturated heterocycles. The Hall–Kier alpha value is -1.54. The van der Waals surface area contributed by atoms with Crippen LogP contribution in [-0.2, 0) is 11.3 Å². The van der Waals surface area contributed by atoms with Gasteiger partial charge in [0.1, 0.15) is 5.82 Å². The highest BCUT2D eigenvalue weighted by Crippen LogP contribution is 2.15. The van der Waals surface area contributed by atoms with Crippen LogP contribution in [0.15, 0.2) is 12.4 Å². The molecule has 0 bridgehead atoms. The zero-order chi connectivity index (χ0) is 16.1. The van der Waals surface area contributed by atoms with Gasteiger partial charge in [-0.25, -0.2) is 4.98 Å². The molecule has 124 valence electrons. The summed E-state index contributed by atoms with van der Waals surface area (Å²) in [5, 5.41) is 0. The average molecular weight is 315 g/mol. The molecule has 0 aromatic carbocycles. The van der Waals surface area contributed by atoms with Gasteiger partial charge >= 0.3 is 6.55 Å². The molecule has 8 heteroatoms. The van der Waals surface area contributed by atoms with Crippen molar-refractivity contribution in [3.63, 3.8) is 0 Å². The molecule has 1 aromatic heterocycles. The minimum atomic E-state index is -2.58. The van der Waals surface area contributed by atoms with Gasteiger partial charge in [0.2, 0.25) is 5.91 Å². The number of halogens is 2. The molecule has 1 unspecified atom stereocenters. The normalized spacial score (nSPS) is 18.0. The Labute approximate surface area is 128 Å². The van der Waals surface area contributed by atoms with Crippen molar-refractivity contribution >= 4 is 5.91 Å². The molecule has 0 aliphatic carbocycles. The Bertz CT molecular complexity index is 485. The quantitative estimate of drug-likeness (QED) is 0.852. The molecule has 1 aromatic rings. The predicted octanol–water partition coefficient (Wildman–Crippen LogP) is 1.05. The summed E-state index contributed by atoms with van der Waals surface area (Å²) in [5.74, 6) is 0.327. The van der Waals surface area contributed by atoms with Gasteiger partial charge in [-0.05, 0) is 6.42 Å². The number of aromatic nitrogens is 2. The highest BCUT2D eigenvalue weighted by molar-refractivity contribution is 5.81. The zero-order valence-corrected chi connectivity index (χ0v) is 12.8. The summed E-state index contributed by atoms with van der Waals surface area (Å²) >= 11 is 0. The lowest BCUT2D eigenvalue weighted by atomic mass is 10.1. The number of imidazole rings is 1. The van der Waals surface area contributed by atoms with Gasteiger partial charge < -0.3 is 10.6 Å². The Kier molecular flexibility index (Phi) is 5.84. The summed E-state index contributed by atoms with van der Waals surface area (Å²) in [5.41, 5.74) is 5.85. The molecular formula is C14H23F2N5O. The van der Waals surface area contributed by atoms with Crippen LogP contribution in [0, 0.1) is 0 Å². The van der Waals surface area contributed by atoms with E-state index in [1.807, 2.05) is 11.8 Å². The van der Waals surface area contributed by atoms with Gasteiger partial charge in [0.05, 0.1) is 12.6 Å². The van der Waals surface area contributed by atoms with E-state index in [1.54, 1.807) is 4.90 Å². The summed E-state index contributed by atoms with van der Waals surface area (Å²) in [6.45, 7) is 2.21. The largest absolute Gasteiger partial charge is 0.339 e. The van der Waals surface area contributed by atoms with Crippen LogP contribution >= 0.6 is 0 Å². The third-order valence-corrected chi connectivity index (χ3v) is 3.93. The van der Waals surface area contributed by atoms with Crippen LogP contribution in [0.1, 0.15) is 32.1 Å². The van der Waals surface area contributed by atoms with Gasteiger partial charge in [-0.1, -0.05) is 13.3 Å². The molecular weight excluding hydrogens is 292 g/mol. The van der Waals surface area contributed by atoms with Crippen LogP contribution in [0.25, 0.3) is 0 Å². The van der Waals surface area contributed by atoms with E-state index in [4.69, 9.17) is 5.73 Å². The first-order valence-electron chi connectivity index (χ1n) is 7.59. The van der Waals surface area contributed by atoms with E-state index in [9.17, 15) is 13.6 Å². The highest BCUT2D eigenvalue weighted by Gasteiger charge is 2.25. The Balaban J connectivity index is 1.84. The highest BCUT2D eigenvalue weighted by atomic mass is 19.3. The fourth-order valence-corrected chi connectivity index (χ4v) is 2.64. The van der Waals surface area contributed by atoms with Crippen molar-refractivity contribution in [2.45, 2.75) is 38.9 Å². The third kappa shape index (κ3) is 4.01. The number of carbonyl (C=O) groups is 1. The third-order valence-electron chi connectivity index (χ3n) is 3.93. The molecule has 1 amide bonds. The first-order valence-corrected chi connectivity index (χ1v) is 7.59. The second-order valence-corrected chi connectivity index (χ2v) is 5.53. The maximum absolute atomic E-state index is 12.8. The SMILES string of the molecule is CCCC(N)C(=O)N1CCN(Cc2nccn2C(F)F)CC1. The lowest BCUT2D eigenvalue weighted by Gasteiger charge is -2.35. The van der Waals surface area contributed by atoms with Crippen molar-refractivity contribution in [3.8, 4) is 0 Å². The van der Waals surface area contributed by atoms with E-state index in [-0.39, 0.29) is 5.91 Å². The fourth-order valence-electron chi connectivity index (χ4n) is 2.64. The number of piperazine rings is 1. The number of rotatable bonds is 6.